The second-order valence-corrected chi connectivity index (χ2v) is 11.4. The van der Waals surface area contributed by atoms with Crippen molar-refractivity contribution in [3.8, 4) is 34.1 Å². The SMILES string of the molecule is CCC1c2cc(OC(=O)c3ccc(OCCCCOCC4CO4)cc3)ccc2-c2ccc(OC(=O)c3ccc(OC(F)(F)F)cc3)cc21. The minimum atomic E-state index is -4.83. The third-order valence-corrected chi connectivity index (χ3v) is 7.99. The minimum absolute atomic E-state index is 0.0405. The molecule has 0 radical (unpaired) electrons. The number of fused-ring (bicyclic) bond motifs is 3. The van der Waals surface area contributed by atoms with Crippen LogP contribution in [0, 0.1) is 0 Å². The first kappa shape index (κ1) is 33.0. The number of hydrogen-bond acceptors (Lipinski definition) is 8. The van der Waals surface area contributed by atoms with Gasteiger partial charge in [-0.1, -0.05) is 19.1 Å². The highest BCUT2D eigenvalue weighted by Crippen LogP contribution is 2.48. The summed E-state index contributed by atoms with van der Waals surface area (Å²) in [5, 5.41) is 0. The van der Waals surface area contributed by atoms with Gasteiger partial charge in [-0.2, -0.15) is 0 Å². The molecule has 0 bridgehead atoms. The van der Waals surface area contributed by atoms with Gasteiger partial charge in [0.05, 0.1) is 30.9 Å². The molecule has 1 saturated heterocycles. The van der Waals surface area contributed by atoms with Gasteiger partial charge in [-0.15, -0.1) is 13.2 Å². The Bertz CT molecular complexity index is 1750. The van der Waals surface area contributed by atoms with Crippen LogP contribution in [0.1, 0.15) is 63.9 Å². The topological polar surface area (TPSA) is 92.8 Å². The van der Waals surface area contributed by atoms with Crippen molar-refractivity contribution in [1.29, 1.82) is 0 Å². The Hall–Kier alpha value is -4.87. The molecule has 0 N–H and O–H groups in total. The third-order valence-electron chi connectivity index (χ3n) is 7.99. The summed E-state index contributed by atoms with van der Waals surface area (Å²) in [5.41, 5.74) is 4.36. The van der Waals surface area contributed by atoms with Gasteiger partial charge in [0.2, 0.25) is 0 Å². The molecule has 6 rings (SSSR count). The first-order valence-corrected chi connectivity index (χ1v) is 15.7. The molecule has 1 fully saturated rings. The quantitative estimate of drug-likeness (QED) is 0.0579. The smallest absolute Gasteiger partial charge is 0.494 e. The zero-order valence-corrected chi connectivity index (χ0v) is 26.1. The third kappa shape index (κ3) is 8.34. The van der Waals surface area contributed by atoms with Crippen LogP contribution >= 0.6 is 0 Å². The number of hydrogen-bond donors (Lipinski definition) is 0. The van der Waals surface area contributed by atoms with Gasteiger partial charge in [-0.05, 0) is 114 Å². The molecule has 1 heterocycles. The first-order chi connectivity index (χ1) is 23.2. The number of benzene rings is 4. The average Bonchev–Trinajstić information content (AvgIpc) is 3.84. The maximum absolute atomic E-state index is 13.0. The van der Waals surface area contributed by atoms with Crippen LogP contribution in [0.4, 0.5) is 13.2 Å². The van der Waals surface area contributed by atoms with E-state index in [2.05, 4.69) is 4.74 Å². The van der Waals surface area contributed by atoms with Gasteiger partial charge < -0.3 is 28.4 Å². The Labute approximate surface area is 275 Å². The van der Waals surface area contributed by atoms with Crippen molar-refractivity contribution in [3.63, 3.8) is 0 Å². The standard InChI is InChI=1S/C37H33F3O8/c1-2-30-33-19-27(46-35(41)23-5-9-25(10-6-23)44-18-4-3-17-43-21-29-22-45-29)13-15-31(33)32-16-14-28(20-34(30)32)47-36(42)24-7-11-26(12-8-24)48-37(38,39)40/h5-16,19-20,29-30H,2-4,17-18,21-22H2,1H3. The van der Waals surface area contributed by atoms with E-state index in [9.17, 15) is 22.8 Å². The van der Waals surface area contributed by atoms with Crippen molar-refractivity contribution in [3.05, 3.63) is 107 Å². The van der Waals surface area contributed by atoms with Crippen molar-refractivity contribution in [2.24, 2.45) is 0 Å². The summed E-state index contributed by atoms with van der Waals surface area (Å²) in [7, 11) is 0. The molecule has 0 saturated carbocycles. The van der Waals surface area contributed by atoms with Crippen LogP contribution in [-0.2, 0) is 9.47 Å². The van der Waals surface area contributed by atoms with Crippen molar-refractivity contribution < 1.29 is 51.2 Å². The first-order valence-electron chi connectivity index (χ1n) is 15.7. The fraction of sp³-hybridized carbons (Fsp3) is 0.297. The van der Waals surface area contributed by atoms with Gasteiger partial charge in [-0.3, -0.25) is 0 Å². The van der Waals surface area contributed by atoms with E-state index in [-0.39, 0.29) is 17.6 Å². The van der Waals surface area contributed by atoms with Crippen LogP contribution in [0.5, 0.6) is 23.0 Å². The van der Waals surface area contributed by atoms with Gasteiger partial charge in [0.1, 0.15) is 29.1 Å². The van der Waals surface area contributed by atoms with Crippen molar-refractivity contribution in [1.82, 2.24) is 0 Å². The van der Waals surface area contributed by atoms with Gasteiger partial charge in [0.25, 0.3) is 0 Å². The normalized spacial score (nSPS) is 16.1. The number of ether oxygens (including phenoxy) is 6. The lowest BCUT2D eigenvalue weighted by Gasteiger charge is -2.13. The van der Waals surface area contributed by atoms with Crippen molar-refractivity contribution in [2.45, 2.75) is 44.6 Å². The highest BCUT2D eigenvalue weighted by atomic mass is 19.4. The molecule has 2 atom stereocenters. The van der Waals surface area contributed by atoms with E-state index in [0.29, 0.717) is 42.6 Å². The van der Waals surface area contributed by atoms with E-state index >= 15 is 0 Å². The Morgan fingerprint density at radius 2 is 1.23 bits per heavy atom. The number of unbranched alkanes of at least 4 members (excludes halogenated alkanes) is 1. The van der Waals surface area contributed by atoms with Gasteiger partial charge in [0, 0.05) is 12.5 Å². The summed E-state index contributed by atoms with van der Waals surface area (Å²) in [6, 6.07) is 22.2. The van der Waals surface area contributed by atoms with Gasteiger partial charge in [-0.25, -0.2) is 9.59 Å². The Balaban J connectivity index is 1.04. The molecule has 0 amide bonds. The van der Waals surface area contributed by atoms with Gasteiger partial charge in [0.15, 0.2) is 0 Å². The van der Waals surface area contributed by atoms with E-state index in [0.717, 1.165) is 60.3 Å². The largest absolute Gasteiger partial charge is 0.573 e. The lowest BCUT2D eigenvalue weighted by molar-refractivity contribution is -0.274. The predicted molar refractivity (Wildman–Crippen MR) is 169 cm³/mol. The molecule has 2 unspecified atom stereocenters. The molecule has 4 aromatic rings. The summed E-state index contributed by atoms with van der Waals surface area (Å²) in [6.45, 7) is 4.69. The maximum Gasteiger partial charge on any atom is 0.573 e. The number of alkyl halides is 3. The number of esters is 2. The van der Waals surface area contributed by atoms with E-state index < -0.39 is 24.1 Å². The Morgan fingerprint density at radius 3 is 1.73 bits per heavy atom. The molecular formula is C37H33F3O8. The number of epoxide rings is 1. The highest BCUT2D eigenvalue weighted by Gasteiger charge is 2.31. The van der Waals surface area contributed by atoms with Crippen molar-refractivity contribution >= 4 is 11.9 Å². The zero-order valence-electron chi connectivity index (χ0n) is 26.1. The molecule has 11 heteroatoms. The fourth-order valence-corrected chi connectivity index (χ4v) is 5.57. The second kappa shape index (κ2) is 14.5. The second-order valence-electron chi connectivity index (χ2n) is 11.4. The molecule has 8 nitrogen and oxygen atoms in total. The molecule has 2 aliphatic rings. The van der Waals surface area contributed by atoms with Crippen LogP contribution in [0.2, 0.25) is 0 Å². The van der Waals surface area contributed by atoms with Crippen molar-refractivity contribution in [2.75, 3.05) is 26.4 Å². The predicted octanol–water partition coefficient (Wildman–Crippen LogP) is 8.12. The minimum Gasteiger partial charge on any atom is -0.494 e. The lowest BCUT2D eigenvalue weighted by Crippen LogP contribution is -2.17. The number of rotatable bonds is 14. The monoisotopic (exact) mass is 662 g/mol. The molecule has 250 valence electrons. The summed E-state index contributed by atoms with van der Waals surface area (Å²) < 4.78 is 68.9. The summed E-state index contributed by atoms with van der Waals surface area (Å²) in [4.78, 5) is 25.7. The molecular weight excluding hydrogens is 629 g/mol. The fourth-order valence-electron chi connectivity index (χ4n) is 5.57. The maximum atomic E-state index is 13.0. The van der Waals surface area contributed by atoms with Gasteiger partial charge >= 0.3 is 18.3 Å². The number of carbonyl (C=O) groups is 2. The zero-order chi connectivity index (χ0) is 33.7. The van der Waals surface area contributed by atoms with Crippen LogP contribution in [0.25, 0.3) is 11.1 Å². The van der Waals surface area contributed by atoms with Crippen LogP contribution in [0.15, 0.2) is 84.9 Å². The Kier molecular flexibility index (Phi) is 9.98. The molecule has 0 spiro atoms. The van der Waals surface area contributed by atoms with E-state index in [1.165, 1.54) is 12.1 Å². The van der Waals surface area contributed by atoms with E-state index in [4.69, 9.17) is 23.7 Å². The van der Waals surface area contributed by atoms with E-state index in [1.807, 2.05) is 25.1 Å². The number of carbonyl (C=O) groups excluding carboxylic acids is 2. The Morgan fingerprint density at radius 1 is 0.729 bits per heavy atom. The average molecular weight is 663 g/mol. The summed E-state index contributed by atoms with van der Waals surface area (Å²) >= 11 is 0. The molecule has 4 aromatic carbocycles. The highest BCUT2D eigenvalue weighted by molar-refractivity contribution is 5.92. The van der Waals surface area contributed by atoms with Crippen LogP contribution in [-0.4, -0.2) is 50.8 Å². The molecule has 1 aliphatic carbocycles. The summed E-state index contributed by atoms with van der Waals surface area (Å²) in [5.74, 6) is -0.310. The number of halogens is 3. The summed E-state index contributed by atoms with van der Waals surface area (Å²) in [6.07, 6.45) is -2.08. The van der Waals surface area contributed by atoms with Crippen LogP contribution < -0.4 is 18.9 Å². The van der Waals surface area contributed by atoms with E-state index in [1.54, 1.807) is 42.5 Å². The molecule has 0 aromatic heterocycles. The molecule has 48 heavy (non-hydrogen) atoms. The molecule has 1 aliphatic heterocycles. The van der Waals surface area contributed by atoms with Crippen LogP contribution in [0.3, 0.4) is 0 Å². The lowest BCUT2D eigenvalue weighted by atomic mass is 9.94.